The number of likely N-dealkylation sites (tertiary alicyclic amines) is 1. The standard InChI is InChI=1S/C15H26N2O4/c1-15(2,3)14(20)16-9-5-8-12(18)17-10-6-7-11(17)13(19)21-4/h11H,5-10H2,1-4H3,(H,16,20). The number of carbonyl (C=O) groups is 3. The number of ether oxygens (including phenoxy) is 1. The van der Waals surface area contributed by atoms with Gasteiger partial charge in [0.05, 0.1) is 7.11 Å². The van der Waals surface area contributed by atoms with Gasteiger partial charge in [-0.05, 0) is 19.3 Å². The molecule has 0 aliphatic carbocycles. The first-order valence-corrected chi connectivity index (χ1v) is 7.43. The first-order chi connectivity index (χ1) is 9.77. The molecule has 0 saturated carbocycles. The summed E-state index contributed by atoms with van der Waals surface area (Å²) in [5.41, 5.74) is -0.422. The van der Waals surface area contributed by atoms with Crippen LogP contribution in [0.1, 0.15) is 46.5 Å². The molecule has 1 aliphatic heterocycles. The summed E-state index contributed by atoms with van der Waals surface area (Å²) in [6.45, 7) is 6.61. The number of rotatable bonds is 5. The molecule has 6 nitrogen and oxygen atoms in total. The molecule has 1 rings (SSSR count). The number of esters is 1. The second-order valence-corrected chi connectivity index (χ2v) is 6.38. The predicted octanol–water partition coefficient (Wildman–Crippen LogP) is 1.09. The lowest BCUT2D eigenvalue weighted by molar-refractivity contribution is -0.151. The molecule has 0 bridgehead atoms. The summed E-state index contributed by atoms with van der Waals surface area (Å²) in [7, 11) is 1.34. The molecule has 1 heterocycles. The number of amides is 2. The van der Waals surface area contributed by atoms with Gasteiger partial charge in [0.25, 0.3) is 0 Å². The third kappa shape index (κ3) is 5.02. The lowest BCUT2D eigenvalue weighted by atomic mass is 9.96. The fraction of sp³-hybridized carbons (Fsp3) is 0.800. The average Bonchev–Trinajstić information content (AvgIpc) is 2.90. The maximum Gasteiger partial charge on any atom is 0.328 e. The van der Waals surface area contributed by atoms with E-state index in [-0.39, 0.29) is 17.8 Å². The fourth-order valence-corrected chi connectivity index (χ4v) is 2.30. The molecule has 0 aromatic rings. The van der Waals surface area contributed by atoms with Crippen molar-refractivity contribution in [3.8, 4) is 0 Å². The highest BCUT2D eigenvalue weighted by molar-refractivity contribution is 5.85. The van der Waals surface area contributed by atoms with Gasteiger partial charge in [-0.3, -0.25) is 9.59 Å². The van der Waals surface area contributed by atoms with Crippen LogP contribution < -0.4 is 5.32 Å². The van der Waals surface area contributed by atoms with Gasteiger partial charge in [-0.25, -0.2) is 4.79 Å². The van der Waals surface area contributed by atoms with E-state index in [9.17, 15) is 14.4 Å². The molecule has 6 heteroatoms. The normalized spacial score (nSPS) is 18.5. The number of hydrogen-bond acceptors (Lipinski definition) is 4. The minimum atomic E-state index is -0.438. The highest BCUT2D eigenvalue weighted by atomic mass is 16.5. The third-order valence-electron chi connectivity index (χ3n) is 3.58. The summed E-state index contributed by atoms with van der Waals surface area (Å²) < 4.78 is 4.72. The van der Waals surface area contributed by atoms with Crippen LogP contribution in [0.15, 0.2) is 0 Å². The van der Waals surface area contributed by atoms with Crippen LogP contribution in [0.4, 0.5) is 0 Å². The Morgan fingerprint density at radius 2 is 1.95 bits per heavy atom. The largest absolute Gasteiger partial charge is 0.467 e. The van der Waals surface area contributed by atoms with Gasteiger partial charge in [-0.15, -0.1) is 0 Å². The third-order valence-corrected chi connectivity index (χ3v) is 3.58. The maximum atomic E-state index is 12.1. The van der Waals surface area contributed by atoms with Crippen LogP contribution >= 0.6 is 0 Å². The molecule has 0 aromatic carbocycles. The number of hydrogen-bond donors (Lipinski definition) is 1. The molecule has 0 spiro atoms. The second-order valence-electron chi connectivity index (χ2n) is 6.38. The Kier molecular flexibility index (Phi) is 6.18. The molecule has 1 fully saturated rings. The van der Waals surface area contributed by atoms with Crippen LogP contribution in [0.25, 0.3) is 0 Å². The zero-order chi connectivity index (χ0) is 16.0. The molecule has 1 saturated heterocycles. The molecule has 0 aromatic heterocycles. The van der Waals surface area contributed by atoms with Crippen molar-refractivity contribution in [3.05, 3.63) is 0 Å². The van der Waals surface area contributed by atoms with E-state index in [0.29, 0.717) is 32.4 Å². The molecular weight excluding hydrogens is 272 g/mol. The van der Waals surface area contributed by atoms with E-state index in [1.807, 2.05) is 20.8 Å². The Morgan fingerprint density at radius 1 is 1.29 bits per heavy atom. The quantitative estimate of drug-likeness (QED) is 0.609. The molecule has 1 aliphatic rings. The second kappa shape index (κ2) is 7.43. The van der Waals surface area contributed by atoms with Gasteiger partial charge in [0, 0.05) is 24.9 Å². The van der Waals surface area contributed by atoms with Crippen LogP contribution in [0.3, 0.4) is 0 Å². The van der Waals surface area contributed by atoms with Gasteiger partial charge in [0.1, 0.15) is 6.04 Å². The van der Waals surface area contributed by atoms with Gasteiger partial charge < -0.3 is 15.0 Å². The molecular formula is C15H26N2O4. The lowest BCUT2D eigenvalue weighted by Crippen LogP contribution is -2.41. The van der Waals surface area contributed by atoms with Crippen molar-refractivity contribution in [1.82, 2.24) is 10.2 Å². The molecule has 120 valence electrons. The SMILES string of the molecule is COC(=O)C1CCCN1C(=O)CCCNC(=O)C(C)(C)C. The summed E-state index contributed by atoms with van der Waals surface area (Å²) in [6, 6.07) is -0.438. The van der Waals surface area contributed by atoms with Crippen molar-refractivity contribution < 1.29 is 19.1 Å². The molecule has 21 heavy (non-hydrogen) atoms. The van der Waals surface area contributed by atoms with Crippen molar-refractivity contribution in [2.24, 2.45) is 5.41 Å². The van der Waals surface area contributed by atoms with E-state index in [1.54, 1.807) is 4.90 Å². The van der Waals surface area contributed by atoms with Crippen LogP contribution in [-0.4, -0.2) is 48.9 Å². The number of nitrogens with zero attached hydrogens (tertiary/aromatic N) is 1. The van der Waals surface area contributed by atoms with Crippen LogP contribution in [0.5, 0.6) is 0 Å². The van der Waals surface area contributed by atoms with Gasteiger partial charge in [0.15, 0.2) is 0 Å². The van der Waals surface area contributed by atoms with Crippen LogP contribution in [-0.2, 0) is 19.1 Å². The summed E-state index contributed by atoms with van der Waals surface area (Å²) in [5, 5.41) is 2.81. The van der Waals surface area contributed by atoms with E-state index in [2.05, 4.69) is 5.32 Å². The van der Waals surface area contributed by atoms with Crippen molar-refractivity contribution in [2.75, 3.05) is 20.2 Å². The van der Waals surface area contributed by atoms with Gasteiger partial charge in [0.2, 0.25) is 11.8 Å². The van der Waals surface area contributed by atoms with Crippen molar-refractivity contribution in [2.45, 2.75) is 52.5 Å². The first kappa shape index (κ1) is 17.5. The van der Waals surface area contributed by atoms with E-state index in [4.69, 9.17) is 4.74 Å². The molecule has 0 radical (unpaired) electrons. The van der Waals surface area contributed by atoms with Gasteiger partial charge in [-0.1, -0.05) is 20.8 Å². The topological polar surface area (TPSA) is 75.7 Å². The van der Waals surface area contributed by atoms with E-state index in [1.165, 1.54) is 7.11 Å². The summed E-state index contributed by atoms with van der Waals surface area (Å²) in [5.74, 6) is -0.418. The van der Waals surface area contributed by atoms with Crippen LogP contribution in [0, 0.1) is 5.41 Å². The van der Waals surface area contributed by atoms with Crippen molar-refractivity contribution in [1.29, 1.82) is 0 Å². The zero-order valence-electron chi connectivity index (χ0n) is 13.4. The number of methoxy groups -OCH3 is 1. The number of carbonyl (C=O) groups excluding carboxylic acids is 3. The molecule has 2 amide bonds. The average molecular weight is 298 g/mol. The van der Waals surface area contributed by atoms with E-state index in [0.717, 1.165) is 6.42 Å². The minimum absolute atomic E-state index is 0.0245. The first-order valence-electron chi connectivity index (χ1n) is 7.43. The summed E-state index contributed by atoms with van der Waals surface area (Å²) in [4.78, 5) is 37.0. The highest BCUT2D eigenvalue weighted by Crippen LogP contribution is 2.19. The Morgan fingerprint density at radius 3 is 2.52 bits per heavy atom. The Bertz CT molecular complexity index is 401. The number of nitrogens with one attached hydrogen (secondary N) is 1. The Hall–Kier alpha value is -1.59. The molecule has 1 atom stereocenters. The monoisotopic (exact) mass is 298 g/mol. The highest BCUT2D eigenvalue weighted by Gasteiger charge is 2.34. The summed E-state index contributed by atoms with van der Waals surface area (Å²) in [6.07, 6.45) is 2.40. The van der Waals surface area contributed by atoms with Gasteiger partial charge in [-0.2, -0.15) is 0 Å². The predicted molar refractivity (Wildman–Crippen MR) is 78.4 cm³/mol. The van der Waals surface area contributed by atoms with E-state index >= 15 is 0 Å². The molecule has 1 N–H and O–H groups in total. The van der Waals surface area contributed by atoms with Crippen molar-refractivity contribution >= 4 is 17.8 Å². The molecule has 1 unspecified atom stereocenters. The maximum absolute atomic E-state index is 12.1. The zero-order valence-corrected chi connectivity index (χ0v) is 13.4. The van der Waals surface area contributed by atoms with Gasteiger partial charge >= 0.3 is 5.97 Å². The Balaban J connectivity index is 2.34. The Labute approximate surface area is 126 Å². The van der Waals surface area contributed by atoms with Crippen molar-refractivity contribution in [3.63, 3.8) is 0 Å². The smallest absolute Gasteiger partial charge is 0.328 e. The van der Waals surface area contributed by atoms with E-state index < -0.39 is 11.5 Å². The minimum Gasteiger partial charge on any atom is -0.467 e. The summed E-state index contributed by atoms with van der Waals surface area (Å²) >= 11 is 0. The van der Waals surface area contributed by atoms with Crippen LogP contribution in [0.2, 0.25) is 0 Å². The lowest BCUT2D eigenvalue weighted by Gasteiger charge is -2.23. The fourth-order valence-electron chi connectivity index (χ4n) is 2.30.